The number of nitrogens with zero attached hydrogens (tertiary/aromatic N) is 2. The second-order valence-corrected chi connectivity index (χ2v) is 8.03. The fourth-order valence-corrected chi connectivity index (χ4v) is 4.28. The molecule has 1 heterocycles. The van der Waals surface area contributed by atoms with Gasteiger partial charge in [0.05, 0.1) is 4.90 Å². The summed E-state index contributed by atoms with van der Waals surface area (Å²) in [5, 5.41) is 0. The number of piperazine rings is 1. The molecule has 1 aliphatic rings. The van der Waals surface area contributed by atoms with E-state index in [4.69, 9.17) is 0 Å². The Morgan fingerprint density at radius 2 is 1.62 bits per heavy atom. The SMILES string of the molecule is O=S(=O)(c1ccc(F)c(F)c1)N1CCN(CC=Cc2ccccc2)CC1. The van der Waals surface area contributed by atoms with Crippen LogP contribution in [0.15, 0.2) is 59.5 Å². The second kappa shape index (κ2) is 8.07. The number of benzene rings is 2. The van der Waals surface area contributed by atoms with Crippen LogP contribution in [0.25, 0.3) is 6.08 Å². The van der Waals surface area contributed by atoms with Crippen molar-refractivity contribution in [3.05, 3.63) is 71.8 Å². The first-order chi connectivity index (χ1) is 12.5. The van der Waals surface area contributed by atoms with Crippen molar-refractivity contribution in [2.75, 3.05) is 32.7 Å². The molecule has 1 saturated heterocycles. The maximum Gasteiger partial charge on any atom is 0.243 e. The van der Waals surface area contributed by atoms with Crippen LogP contribution in [0, 0.1) is 11.6 Å². The lowest BCUT2D eigenvalue weighted by Crippen LogP contribution is -2.48. The summed E-state index contributed by atoms with van der Waals surface area (Å²) in [5.41, 5.74) is 1.12. The molecule has 0 radical (unpaired) electrons. The van der Waals surface area contributed by atoms with Crippen LogP contribution in [0.5, 0.6) is 0 Å². The molecule has 0 bridgehead atoms. The van der Waals surface area contributed by atoms with Crippen molar-refractivity contribution in [3.63, 3.8) is 0 Å². The van der Waals surface area contributed by atoms with Gasteiger partial charge in [-0.2, -0.15) is 4.31 Å². The zero-order chi connectivity index (χ0) is 18.6. The van der Waals surface area contributed by atoms with E-state index in [0.717, 1.165) is 30.3 Å². The van der Waals surface area contributed by atoms with Crippen LogP contribution in [0.1, 0.15) is 5.56 Å². The van der Waals surface area contributed by atoms with Crippen LogP contribution in [0.3, 0.4) is 0 Å². The Bertz CT molecular complexity index is 878. The van der Waals surface area contributed by atoms with Crippen molar-refractivity contribution < 1.29 is 17.2 Å². The number of hydrogen-bond acceptors (Lipinski definition) is 3. The third-order valence-electron chi connectivity index (χ3n) is 4.33. The average molecular weight is 378 g/mol. The van der Waals surface area contributed by atoms with E-state index >= 15 is 0 Å². The molecule has 1 fully saturated rings. The molecule has 0 aliphatic carbocycles. The summed E-state index contributed by atoms with van der Waals surface area (Å²) >= 11 is 0. The Labute approximate surface area is 152 Å². The van der Waals surface area contributed by atoms with Crippen molar-refractivity contribution in [3.8, 4) is 0 Å². The Hall–Kier alpha value is -2.09. The van der Waals surface area contributed by atoms with E-state index in [9.17, 15) is 17.2 Å². The molecule has 2 aromatic rings. The van der Waals surface area contributed by atoms with Gasteiger partial charge in [-0.15, -0.1) is 0 Å². The minimum atomic E-state index is -3.81. The fourth-order valence-electron chi connectivity index (χ4n) is 2.84. The number of rotatable bonds is 5. The fraction of sp³-hybridized carbons (Fsp3) is 0.263. The first kappa shape index (κ1) is 18.7. The largest absolute Gasteiger partial charge is 0.297 e. The van der Waals surface area contributed by atoms with Crippen molar-refractivity contribution >= 4 is 16.1 Å². The Balaban J connectivity index is 1.57. The molecule has 3 rings (SSSR count). The van der Waals surface area contributed by atoms with E-state index < -0.39 is 21.7 Å². The van der Waals surface area contributed by atoms with Crippen LogP contribution in [0.2, 0.25) is 0 Å². The maximum atomic E-state index is 13.3. The minimum absolute atomic E-state index is 0.214. The van der Waals surface area contributed by atoms with Gasteiger partial charge in [0, 0.05) is 32.7 Å². The zero-order valence-corrected chi connectivity index (χ0v) is 15.0. The van der Waals surface area contributed by atoms with Gasteiger partial charge in [0.1, 0.15) is 0 Å². The number of sulfonamides is 1. The van der Waals surface area contributed by atoms with E-state index in [0.29, 0.717) is 26.2 Å². The van der Waals surface area contributed by atoms with Crippen LogP contribution < -0.4 is 0 Å². The predicted molar refractivity (Wildman–Crippen MR) is 97.0 cm³/mol. The summed E-state index contributed by atoms with van der Waals surface area (Å²) in [5.74, 6) is -2.21. The summed E-state index contributed by atoms with van der Waals surface area (Å²) in [6.45, 7) is 2.54. The van der Waals surface area contributed by atoms with Gasteiger partial charge in [0.2, 0.25) is 10.0 Å². The average Bonchev–Trinajstić information content (AvgIpc) is 2.65. The molecule has 4 nitrogen and oxygen atoms in total. The Morgan fingerprint density at radius 3 is 2.27 bits per heavy atom. The third-order valence-corrected chi connectivity index (χ3v) is 6.23. The van der Waals surface area contributed by atoms with Gasteiger partial charge >= 0.3 is 0 Å². The molecule has 0 N–H and O–H groups in total. The molecular weight excluding hydrogens is 358 g/mol. The van der Waals surface area contributed by atoms with E-state index in [1.807, 2.05) is 36.4 Å². The Kier molecular flexibility index (Phi) is 5.80. The molecule has 138 valence electrons. The lowest BCUT2D eigenvalue weighted by Gasteiger charge is -2.33. The van der Waals surface area contributed by atoms with Gasteiger partial charge in [-0.1, -0.05) is 42.5 Å². The summed E-state index contributed by atoms with van der Waals surface area (Å²) in [6.07, 6.45) is 4.08. The van der Waals surface area contributed by atoms with Crippen LogP contribution >= 0.6 is 0 Å². The third kappa shape index (κ3) is 4.35. The first-order valence-electron chi connectivity index (χ1n) is 8.36. The normalized spacial score (nSPS) is 17.0. The number of halogens is 2. The molecular formula is C19H20F2N2O2S. The second-order valence-electron chi connectivity index (χ2n) is 6.09. The van der Waals surface area contributed by atoms with Gasteiger partial charge in [-0.3, -0.25) is 4.90 Å². The lowest BCUT2D eigenvalue weighted by atomic mass is 10.2. The molecule has 0 unspecified atom stereocenters. The molecule has 0 aromatic heterocycles. The lowest BCUT2D eigenvalue weighted by molar-refractivity contribution is 0.204. The van der Waals surface area contributed by atoms with Crippen molar-refractivity contribution in [2.45, 2.75) is 4.90 Å². The quantitative estimate of drug-likeness (QED) is 0.803. The highest BCUT2D eigenvalue weighted by molar-refractivity contribution is 7.89. The zero-order valence-electron chi connectivity index (χ0n) is 14.2. The van der Waals surface area contributed by atoms with E-state index in [2.05, 4.69) is 11.0 Å². The van der Waals surface area contributed by atoms with Crippen LogP contribution in [-0.2, 0) is 10.0 Å². The van der Waals surface area contributed by atoms with Gasteiger partial charge in [0.25, 0.3) is 0 Å². The molecule has 0 atom stereocenters. The minimum Gasteiger partial charge on any atom is -0.297 e. The maximum absolute atomic E-state index is 13.3. The van der Waals surface area contributed by atoms with Crippen LogP contribution in [0.4, 0.5) is 8.78 Å². The smallest absolute Gasteiger partial charge is 0.243 e. The van der Waals surface area contributed by atoms with Gasteiger partial charge in [-0.05, 0) is 23.8 Å². The molecule has 1 aliphatic heterocycles. The molecule has 0 amide bonds. The monoisotopic (exact) mass is 378 g/mol. The summed E-state index contributed by atoms with van der Waals surface area (Å²) in [7, 11) is -3.81. The molecule has 2 aromatic carbocycles. The predicted octanol–water partition coefficient (Wildman–Crippen LogP) is 2.98. The molecule has 0 saturated carbocycles. The van der Waals surface area contributed by atoms with Gasteiger partial charge in [-0.25, -0.2) is 17.2 Å². The van der Waals surface area contributed by atoms with E-state index in [1.165, 1.54) is 4.31 Å². The number of hydrogen-bond donors (Lipinski definition) is 0. The van der Waals surface area contributed by atoms with Crippen molar-refractivity contribution in [2.24, 2.45) is 0 Å². The van der Waals surface area contributed by atoms with E-state index in [1.54, 1.807) is 0 Å². The topological polar surface area (TPSA) is 40.6 Å². The van der Waals surface area contributed by atoms with Crippen molar-refractivity contribution in [1.82, 2.24) is 9.21 Å². The summed E-state index contributed by atoms with van der Waals surface area (Å²) in [4.78, 5) is 1.94. The first-order valence-corrected chi connectivity index (χ1v) is 9.80. The summed E-state index contributed by atoms with van der Waals surface area (Å²) in [6, 6.07) is 12.6. The highest BCUT2D eigenvalue weighted by Crippen LogP contribution is 2.20. The van der Waals surface area contributed by atoms with Crippen LogP contribution in [-0.4, -0.2) is 50.3 Å². The van der Waals surface area contributed by atoms with Gasteiger partial charge < -0.3 is 0 Å². The standard InChI is InChI=1S/C19H20F2N2O2S/c20-18-9-8-17(15-19(18)21)26(24,25)23-13-11-22(12-14-23)10-4-7-16-5-2-1-3-6-16/h1-9,15H,10-14H2. The van der Waals surface area contributed by atoms with Crippen molar-refractivity contribution in [1.29, 1.82) is 0 Å². The molecule has 7 heteroatoms. The highest BCUT2D eigenvalue weighted by Gasteiger charge is 2.28. The van der Waals surface area contributed by atoms with E-state index in [-0.39, 0.29) is 4.90 Å². The molecule has 0 spiro atoms. The molecule has 26 heavy (non-hydrogen) atoms. The van der Waals surface area contributed by atoms with Gasteiger partial charge in [0.15, 0.2) is 11.6 Å². The Morgan fingerprint density at radius 1 is 0.923 bits per heavy atom. The summed E-state index contributed by atoms with van der Waals surface area (Å²) < 4.78 is 52.8. The highest BCUT2D eigenvalue weighted by atomic mass is 32.2.